The lowest BCUT2D eigenvalue weighted by Gasteiger charge is -2.09. The Morgan fingerprint density at radius 1 is 1.07 bits per heavy atom. The van der Waals surface area contributed by atoms with Crippen molar-refractivity contribution in [2.75, 3.05) is 11.6 Å². The monoisotopic (exact) mass is 661 g/mol. The molecule has 3 heterocycles. The number of fused-ring (bicyclic) bond motifs is 2. The molecule has 0 bridgehead atoms. The first-order valence-electron chi connectivity index (χ1n) is 11.1. The van der Waals surface area contributed by atoms with Gasteiger partial charge in [0.1, 0.15) is 22.3 Å². The number of nitrogens with zero attached hydrogens (tertiary/aromatic N) is 3. The third kappa shape index (κ3) is 8.18. The van der Waals surface area contributed by atoms with Crippen molar-refractivity contribution in [1.82, 2.24) is 20.2 Å². The molecule has 4 N–H and O–H groups in total. The van der Waals surface area contributed by atoms with Crippen molar-refractivity contribution in [1.29, 1.82) is 0 Å². The Balaban J connectivity index is 0.000000303. The molecule has 0 spiro atoms. The molecule has 1 fully saturated rings. The number of carbonyl (C=O) groups excluding carboxylic acids is 1. The molecule has 1 amide bonds. The van der Waals surface area contributed by atoms with Crippen molar-refractivity contribution >= 4 is 66.4 Å². The van der Waals surface area contributed by atoms with Gasteiger partial charge in [-0.2, -0.15) is 31.4 Å². The summed E-state index contributed by atoms with van der Waals surface area (Å²) in [6.07, 6.45) is -8.08. The molecule has 0 saturated heterocycles. The minimum absolute atomic E-state index is 0.0477. The van der Waals surface area contributed by atoms with Gasteiger partial charge in [-0.3, -0.25) is 14.1 Å². The van der Waals surface area contributed by atoms with Crippen LogP contribution in [0, 0.1) is 11.7 Å². The first kappa shape index (κ1) is 33.2. The topological polar surface area (TPSA) is 175 Å². The Hall–Kier alpha value is -4.27. The van der Waals surface area contributed by atoms with Gasteiger partial charge in [0.25, 0.3) is 0 Å². The molecule has 1 unspecified atom stereocenters. The number of carboxylic acid groups (broad SMARTS) is 2. The second kappa shape index (κ2) is 12.5. The standard InChI is InChI=1S/C18H13F2N5O2S2.2C2HF3O2/c1-29(27)15-10(20)5-13-8(6-21-25-13)14(15)11-2-3-12-17(22-11)28-18(23-12)24-16(26)7-4-9(7)19;2*3-2(4,5)1(6)7/h2-3,5-7,9H,4H2,1H3,(H,21,25)(H,23,24,26);2*(H,6,7)/t7-,9+,29?;;/m1../s1. The van der Waals surface area contributed by atoms with Gasteiger partial charge in [-0.05, 0) is 18.6 Å². The van der Waals surface area contributed by atoms with E-state index in [0.29, 0.717) is 37.6 Å². The highest BCUT2D eigenvalue weighted by molar-refractivity contribution is 7.84. The van der Waals surface area contributed by atoms with Crippen LogP contribution in [0.25, 0.3) is 32.5 Å². The number of hydrogen-bond acceptors (Lipinski definition) is 8. The van der Waals surface area contributed by atoms with Crippen molar-refractivity contribution in [3.63, 3.8) is 0 Å². The summed E-state index contributed by atoms with van der Waals surface area (Å²) in [6.45, 7) is 0. The van der Waals surface area contributed by atoms with Gasteiger partial charge in [0.05, 0.1) is 39.0 Å². The van der Waals surface area contributed by atoms with Crippen LogP contribution in [0.1, 0.15) is 6.42 Å². The maximum Gasteiger partial charge on any atom is 0.490 e. The number of aromatic nitrogens is 4. The molecule has 1 aliphatic carbocycles. The maximum absolute atomic E-state index is 14.6. The number of nitrogens with one attached hydrogen (secondary N) is 2. The highest BCUT2D eigenvalue weighted by Gasteiger charge is 2.44. The molecule has 11 nitrogen and oxygen atoms in total. The van der Waals surface area contributed by atoms with Crippen LogP contribution in [0.2, 0.25) is 0 Å². The van der Waals surface area contributed by atoms with Crippen LogP contribution < -0.4 is 5.32 Å². The fourth-order valence-corrected chi connectivity index (χ4v) is 4.89. The van der Waals surface area contributed by atoms with Gasteiger partial charge < -0.3 is 15.5 Å². The molecule has 1 aromatic carbocycles. The van der Waals surface area contributed by atoms with Crippen LogP contribution in [0.4, 0.5) is 40.3 Å². The summed E-state index contributed by atoms with van der Waals surface area (Å²) >= 11 is 1.14. The highest BCUT2D eigenvalue weighted by Crippen LogP contribution is 2.37. The van der Waals surface area contributed by atoms with Crippen molar-refractivity contribution in [2.45, 2.75) is 29.8 Å². The van der Waals surface area contributed by atoms with Crippen molar-refractivity contribution in [3.05, 3.63) is 30.2 Å². The number of pyridine rings is 1. The number of thiazole rings is 1. The van der Waals surface area contributed by atoms with E-state index in [4.69, 9.17) is 19.8 Å². The number of H-pyrrole nitrogens is 1. The summed E-state index contributed by atoms with van der Waals surface area (Å²) in [5, 5.41) is 24.4. The fourth-order valence-electron chi connectivity index (χ4n) is 3.22. The molecule has 0 radical (unpaired) electrons. The summed E-state index contributed by atoms with van der Waals surface area (Å²) in [7, 11) is -1.59. The predicted molar refractivity (Wildman–Crippen MR) is 134 cm³/mol. The molecule has 0 aliphatic heterocycles. The average molecular weight is 662 g/mol. The molecule has 1 saturated carbocycles. The van der Waals surface area contributed by atoms with E-state index in [1.54, 1.807) is 12.1 Å². The lowest BCUT2D eigenvalue weighted by atomic mass is 10.1. The first-order valence-corrected chi connectivity index (χ1v) is 13.5. The Bertz CT molecular complexity index is 1700. The zero-order valence-corrected chi connectivity index (χ0v) is 22.5. The average Bonchev–Trinajstić information content (AvgIpc) is 3.25. The van der Waals surface area contributed by atoms with Crippen LogP contribution in [-0.2, 0) is 25.2 Å². The van der Waals surface area contributed by atoms with Crippen LogP contribution in [-0.4, -0.2) is 77.2 Å². The third-order valence-corrected chi connectivity index (χ3v) is 7.07. The molecule has 3 atom stereocenters. The molecular weight excluding hydrogens is 646 g/mol. The SMILES string of the molecule is CS(=O)c1c(F)cc2[nH]ncc2c1-c1ccc2nc(NC(=O)[C@@H]3C[C@@H]3F)sc2n1.O=C(O)C(F)(F)F.O=C(O)C(F)(F)F. The number of carboxylic acids is 2. The van der Waals surface area contributed by atoms with Crippen molar-refractivity contribution in [2.24, 2.45) is 5.92 Å². The number of halogens is 8. The summed E-state index contributed by atoms with van der Waals surface area (Å²) in [4.78, 5) is 39.1. The summed E-state index contributed by atoms with van der Waals surface area (Å²) in [5.41, 5.74) is 1.83. The quantitative estimate of drug-likeness (QED) is 0.227. The number of anilines is 1. The number of amides is 1. The molecule has 232 valence electrons. The van der Waals surface area contributed by atoms with E-state index >= 15 is 0 Å². The van der Waals surface area contributed by atoms with Crippen LogP contribution in [0.5, 0.6) is 0 Å². The molecule has 1 aliphatic rings. The summed E-state index contributed by atoms with van der Waals surface area (Å²) in [6, 6.07) is 4.61. The van der Waals surface area contributed by atoms with Gasteiger partial charge in [-0.25, -0.2) is 28.3 Å². The van der Waals surface area contributed by atoms with Gasteiger partial charge in [-0.15, -0.1) is 0 Å². The van der Waals surface area contributed by atoms with E-state index in [1.165, 1.54) is 18.5 Å². The number of carbonyl (C=O) groups is 3. The minimum atomic E-state index is -5.08. The Morgan fingerprint density at radius 2 is 1.63 bits per heavy atom. The van der Waals surface area contributed by atoms with E-state index in [-0.39, 0.29) is 11.3 Å². The van der Waals surface area contributed by atoms with Crippen LogP contribution in [0.15, 0.2) is 29.3 Å². The summed E-state index contributed by atoms with van der Waals surface area (Å²) in [5.74, 6) is -7.14. The van der Waals surface area contributed by atoms with E-state index in [2.05, 4.69) is 25.5 Å². The second-order valence-corrected chi connectivity index (χ2v) is 10.6. The first-order chi connectivity index (χ1) is 19.8. The number of aromatic amines is 1. The Kier molecular flexibility index (Phi) is 9.69. The number of alkyl halides is 7. The maximum atomic E-state index is 14.6. The molecule has 3 aromatic heterocycles. The fraction of sp³-hybridized carbons (Fsp3) is 0.273. The molecule has 43 heavy (non-hydrogen) atoms. The van der Waals surface area contributed by atoms with E-state index in [1.807, 2.05) is 0 Å². The highest BCUT2D eigenvalue weighted by atomic mass is 32.2. The molecule has 5 rings (SSSR count). The Labute approximate surface area is 239 Å². The predicted octanol–water partition coefficient (Wildman–Crippen LogP) is 4.67. The van der Waals surface area contributed by atoms with Crippen molar-refractivity contribution < 1.29 is 63.9 Å². The normalized spacial score (nSPS) is 16.9. The molecular formula is C22H15F8N5O6S2. The minimum Gasteiger partial charge on any atom is -0.475 e. The molecule has 4 aromatic rings. The van der Waals surface area contributed by atoms with Crippen LogP contribution >= 0.6 is 11.3 Å². The Morgan fingerprint density at radius 3 is 2.12 bits per heavy atom. The lowest BCUT2D eigenvalue weighted by Crippen LogP contribution is -2.21. The third-order valence-electron chi connectivity index (χ3n) is 5.22. The lowest BCUT2D eigenvalue weighted by molar-refractivity contribution is -0.193. The summed E-state index contributed by atoms with van der Waals surface area (Å²) < 4.78 is 103. The number of aliphatic carboxylic acids is 2. The molecule has 21 heteroatoms. The zero-order valence-electron chi connectivity index (χ0n) is 20.9. The van der Waals surface area contributed by atoms with E-state index in [0.717, 1.165) is 11.3 Å². The number of hydrogen-bond donors (Lipinski definition) is 4. The smallest absolute Gasteiger partial charge is 0.475 e. The van der Waals surface area contributed by atoms with Gasteiger partial charge in [0.2, 0.25) is 5.91 Å². The largest absolute Gasteiger partial charge is 0.490 e. The zero-order chi connectivity index (χ0) is 32.4. The van der Waals surface area contributed by atoms with Gasteiger partial charge in [0.15, 0.2) is 5.13 Å². The van der Waals surface area contributed by atoms with Gasteiger partial charge in [-0.1, -0.05) is 11.3 Å². The van der Waals surface area contributed by atoms with Gasteiger partial charge in [0, 0.05) is 23.3 Å². The van der Waals surface area contributed by atoms with Crippen molar-refractivity contribution in [3.8, 4) is 11.3 Å². The number of benzene rings is 1. The van der Waals surface area contributed by atoms with E-state index < -0.39 is 58.9 Å². The van der Waals surface area contributed by atoms with Crippen LogP contribution in [0.3, 0.4) is 0 Å². The van der Waals surface area contributed by atoms with Gasteiger partial charge >= 0.3 is 24.3 Å². The van der Waals surface area contributed by atoms with E-state index in [9.17, 15) is 44.1 Å². The number of rotatable bonds is 4. The second-order valence-electron chi connectivity index (χ2n) is 8.34.